The van der Waals surface area contributed by atoms with Gasteiger partial charge in [-0.1, -0.05) is 30.3 Å². The molecule has 3 amide bonds. The summed E-state index contributed by atoms with van der Waals surface area (Å²) >= 11 is 0. The zero-order valence-electron chi connectivity index (χ0n) is 15.7. The van der Waals surface area contributed by atoms with Crippen molar-refractivity contribution in [2.24, 2.45) is 5.10 Å². The SMILES string of the molecule is O=C1COc2ccc(OC3CN(C(=O)N4N=CCC4c4ccccc4)C3)cc2N1. The summed E-state index contributed by atoms with van der Waals surface area (Å²) in [5, 5.41) is 8.60. The lowest BCUT2D eigenvalue weighted by molar-refractivity contribution is -0.118. The molecule has 8 heteroatoms. The first-order valence-corrected chi connectivity index (χ1v) is 9.56. The van der Waals surface area contributed by atoms with Gasteiger partial charge in [-0.3, -0.25) is 4.79 Å². The van der Waals surface area contributed by atoms with Gasteiger partial charge in [0.25, 0.3) is 5.91 Å². The molecule has 0 aliphatic carbocycles. The van der Waals surface area contributed by atoms with E-state index in [4.69, 9.17) is 9.47 Å². The van der Waals surface area contributed by atoms with E-state index in [2.05, 4.69) is 10.4 Å². The molecule has 8 nitrogen and oxygen atoms in total. The van der Waals surface area contributed by atoms with Crippen LogP contribution in [0.3, 0.4) is 0 Å². The highest BCUT2D eigenvalue weighted by Gasteiger charge is 2.38. The summed E-state index contributed by atoms with van der Waals surface area (Å²) < 4.78 is 11.3. The minimum absolute atomic E-state index is 0.0237. The number of carbonyl (C=O) groups is 2. The number of anilines is 1. The third-order valence-electron chi connectivity index (χ3n) is 5.22. The van der Waals surface area contributed by atoms with Gasteiger partial charge >= 0.3 is 6.03 Å². The molecule has 5 rings (SSSR count). The number of benzene rings is 2. The average Bonchev–Trinajstić information content (AvgIpc) is 3.20. The first kappa shape index (κ1) is 17.5. The Labute approximate surface area is 167 Å². The maximum Gasteiger partial charge on any atom is 0.341 e. The highest BCUT2D eigenvalue weighted by Crippen LogP contribution is 2.33. The number of urea groups is 1. The van der Waals surface area contributed by atoms with Gasteiger partial charge in [-0.05, 0) is 17.7 Å². The number of carbonyl (C=O) groups excluding carboxylic acids is 2. The number of hydrazone groups is 1. The Morgan fingerprint density at radius 2 is 2.00 bits per heavy atom. The lowest BCUT2D eigenvalue weighted by Crippen LogP contribution is -2.58. The molecule has 3 aliphatic rings. The second kappa shape index (κ2) is 7.12. The van der Waals surface area contributed by atoms with Gasteiger partial charge in [-0.25, -0.2) is 9.80 Å². The van der Waals surface area contributed by atoms with Gasteiger partial charge in [0.05, 0.1) is 24.8 Å². The molecule has 0 radical (unpaired) electrons. The van der Waals surface area contributed by atoms with Crippen LogP contribution >= 0.6 is 0 Å². The summed E-state index contributed by atoms with van der Waals surface area (Å²) in [5.74, 6) is 1.07. The topological polar surface area (TPSA) is 83.5 Å². The minimum atomic E-state index is -0.186. The molecule has 0 spiro atoms. The molecule has 1 fully saturated rings. The first-order chi connectivity index (χ1) is 14.2. The van der Waals surface area contributed by atoms with Crippen molar-refractivity contribution in [1.29, 1.82) is 0 Å². The first-order valence-electron chi connectivity index (χ1n) is 9.56. The fourth-order valence-electron chi connectivity index (χ4n) is 3.69. The maximum atomic E-state index is 12.9. The molecule has 0 bridgehead atoms. The number of hydrogen-bond donors (Lipinski definition) is 1. The number of amides is 3. The van der Waals surface area contributed by atoms with Gasteiger partial charge in [0.1, 0.15) is 17.6 Å². The number of nitrogens with one attached hydrogen (secondary N) is 1. The van der Waals surface area contributed by atoms with Crippen molar-refractivity contribution in [3.63, 3.8) is 0 Å². The summed E-state index contributed by atoms with van der Waals surface area (Å²) in [5.41, 5.74) is 1.67. The largest absolute Gasteiger partial charge is 0.487 e. The van der Waals surface area contributed by atoms with Crippen molar-refractivity contribution in [1.82, 2.24) is 9.91 Å². The van der Waals surface area contributed by atoms with Crippen LogP contribution in [0.15, 0.2) is 53.6 Å². The number of nitrogens with zero attached hydrogens (tertiary/aromatic N) is 3. The summed E-state index contributed by atoms with van der Waals surface area (Å²) in [6, 6.07) is 15.1. The molecule has 1 unspecified atom stereocenters. The Kier molecular flexibility index (Phi) is 4.31. The lowest BCUT2D eigenvalue weighted by Gasteiger charge is -2.41. The van der Waals surface area contributed by atoms with E-state index in [1.807, 2.05) is 30.3 Å². The summed E-state index contributed by atoms with van der Waals surface area (Å²) in [6.07, 6.45) is 2.40. The summed E-state index contributed by atoms with van der Waals surface area (Å²) in [6.45, 7) is 1.01. The van der Waals surface area contributed by atoms with Gasteiger partial charge in [-0.15, -0.1) is 0 Å². The van der Waals surface area contributed by atoms with E-state index in [1.54, 1.807) is 34.3 Å². The fourth-order valence-corrected chi connectivity index (χ4v) is 3.69. The van der Waals surface area contributed by atoms with Gasteiger partial charge in [0.2, 0.25) is 0 Å². The fraction of sp³-hybridized carbons (Fsp3) is 0.286. The van der Waals surface area contributed by atoms with E-state index in [0.29, 0.717) is 36.7 Å². The third kappa shape index (κ3) is 3.37. The quantitative estimate of drug-likeness (QED) is 0.870. The number of rotatable bonds is 3. The van der Waals surface area contributed by atoms with Crippen LogP contribution in [0.2, 0.25) is 0 Å². The predicted molar refractivity (Wildman–Crippen MR) is 106 cm³/mol. The van der Waals surface area contributed by atoms with Crippen molar-refractivity contribution in [3.05, 3.63) is 54.1 Å². The zero-order valence-corrected chi connectivity index (χ0v) is 15.7. The third-order valence-corrected chi connectivity index (χ3v) is 5.22. The normalized spacial score (nSPS) is 20.6. The van der Waals surface area contributed by atoms with E-state index >= 15 is 0 Å². The Balaban J connectivity index is 1.19. The smallest absolute Gasteiger partial charge is 0.341 e. The Hall–Kier alpha value is -3.55. The molecule has 148 valence electrons. The van der Waals surface area contributed by atoms with E-state index in [0.717, 1.165) is 5.56 Å². The highest BCUT2D eigenvalue weighted by atomic mass is 16.5. The molecule has 3 heterocycles. The molecular weight excluding hydrogens is 372 g/mol. The number of ether oxygens (including phenoxy) is 2. The summed E-state index contributed by atoms with van der Waals surface area (Å²) in [7, 11) is 0. The van der Waals surface area contributed by atoms with E-state index in [9.17, 15) is 9.59 Å². The molecule has 0 saturated carbocycles. The maximum absolute atomic E-state index is 12.9. The van der Waals surface area contributed by atoms with Crippen molar-refractivity contribution in [2.75, 3.05) is 25.0 Å². The molecule has 1 N–H and O–H groups in total. The lowest BCUT2D eigenvalue weighted by atomic mass is 10.0. The van der Waals surface area contributed by atoms with Crippen molar-refractivity contribution >= 4 is 23.8 Å². The zero-order chi connectivity index (χ0) is 19.8. The van der Waals surface area contributed by atoms with Crippen LogP contribution in [-0.2, 0) is 4.79 Å². The van der Waals surface area contributed by atoms with Gasteiger partial charge < -0.3 is 19.7 Å². The van der Waals surface area contributed by atoms with Crippen LogP contribution in [0.4, 0.5) is 10.5 Å². The molecule has 1 atom stereocenters. The van der Waals surface area contributed by atoms with Gasteiger partial charge in [0.15, 0.2) is 6.61 Å². The molecule has 29 heavy (non-hydrogen) atoms. The average molecular weight is 392 g/mol. The van der Waals surface area contributed by atoms with E-state index in [-0.39, 0.29) is 30.7 Å². The molecule has 2 aromatic carbocycles. The predicted octanol–water partition coefficient (Wildman–Crippen LogP) is 2.63. The monoisotopic (exact) mass is 392 g/mol. The van der Waals surface area contributed by atoms with Crippen LogP contribution in [0.1, 0.15) is 18.0 Å². The standard InChI is InChI=1S/C21H20N4O4/c26-20-13-28-19-7-6-15(10-17(19)23-20)29-16-11-24(12-16)21(27)25-18(8-9-22-25)14-4-2-1-3-5-14/h1-7,9-10,16,18H,8,11-13H2,(H,23,26). The number of hydrogen-bond acceptors (Lipinski definition) is 5. The van der Waals surface area contributed by atoms with Crippen LogP contribution in [0.5, 0.6) is 11.5 Å². The number of likely N-dealkylation sites (tertiary alicyclic amines) is 1. The minimum Gasteiger partial charge on any atom is -0.487 e. The van der Waals surface area contributed by atoms with Crippen LogP contribution in [0.25, 0.3) is 0 Å². The van der Waals surface area contributed by atoms with E-state index in [1.165, 1.54) is 0 Å². The number of fused-ring (bicyclic) bond motifs is 1. The van der Waals surface area contributed by atoms with E-state index < -0.39 is 0 Å². The molecular formula is C21H20N4O4. The molecule has 0 aromatic heterocycles. The highest BCUT2D eigenvalue weighted by molar-refractivity contribution is 5.95. The second-order valence-corrected chi connectivity index (χ2v) is 7.23. The van der Waals surface area contributed by atoms with Crippen LogP contribution in [-0.4, -0.2) is 53.9 Å². The van der Waals surface area contributed by atoms with Crippen LogP contribution in [0, 0.1) is 0 Å². The molecule has 3 aliphatic heterocycles. The Morgan fingerprint density at radius 1 is 1.17 bits per heavy atom. The van der Waals surface area contributed by atoms with Gasteiger partial charge in [0, 0.05) is 18.7 Å². The van der Waals surface area contributed by atoms with Crippen LogP contribution < -0.4 is 14.8 Å². The molecule has 2 aromatic rings. The van der Waals surface area contributed by atoms with Crippen molar-refractivity contribution in [3.8, 4) is 11.5 Å². The summed E-state index contributed by atoms with van der Waals surface area (Å²) in [4.78, 5) is 26.0. The second-order valence-electron chi connectivity index (χ2n) is 7.23. The Morgan fingerprint density at radius 3 is 2.83 bits per heavy atom. The van der Waals surface area contributed by atoms with Crippen molar-refractivity contribution in [2.45, 2.75) is 18.6 Å². The van der Waals surface area contributed by atoms with Gasteiger partial charge in [-0.2, -0.15) is 5.10 Å². The van der Waals surface area contributed by atoms with Crippen molar-refractivity contribution < 1.29 is 19.1 Å². The Bertz CT molecular complexity index is 972. The molecule has 1 saturated heterocycles.